The van der Waals surface area contributed by atoms with Crippen molar-refractivity contribution < 1.29 is 9.31 Å². The molecule has 1 heterocycles. The fourth-order valence-electron chi connectivity index (χ4n) is 6.99. The van der Waals surface area contributed by atoms with Gasteiger partial charge >= 0.3 is 7.12 Å². The van der Waals surface area contributed by atoms with Crippen LogP contribution in [0.15, 0.2) is 78.9 Å². The molecule has 0 radical (unpaired) electrons. The molecule has 0 atom stereocenters. The van der Waals surface area contributed by atoms with Gasteiger partial charge in [0.25, 0.3) is 0 Å². The monoisotopic (exact) mass is 512 g/mol. The van der Waals surface area contributed by atoms with Gasteiger partial charge in [0.2, 0.25) is 0 Å². The average Bonchev–Trinajstić information content (AvgIpc) is 3.37. The molecule has 2 aliphatic carbocycles. The summed E-state index contributed by atoms with van der Waals surface area (Å²) in [6.45, 7) is 17.8. The lowest BCUT2D eigenvalue weighted by Gasteiger charge is -2.32. The Morgan fingerprint density at radius 3 is 1.46 bits per heavy atom. The third-order valence-corrected chi connectivity index (χ3v) is 10.1. The maximum atomic E-state index is 6.41. The SMILES string of the molecule is CC1(C)c2ccccc2-c2cc(-c3ccc4c(c3)-c3cc(B5OC(C)(C)C(C)(C)O5)ccc3C4(C)C)ccc21. The fourth-order valence-corrected chi connectivity index (χ4v) is 6.99. The van der Waals surface area contributed by atoms with E-state index in [9.17, 15) is 0 Å². The third-order valence-electron chi connectivity index (χ3n) is 10.1. The molecule has 0 bridgehead atoms. The zero-order valence-electron chi connectivity index (χ0n) is 24.4. The van der Waals surface area contributed by atoms with Gasteiger partial charge in [0, 0.05) is 10.8 Å². The molecular weight excluding hydrogens is 475 g/mol. The van der Waals surface area contributed by atoms with E-state index < -0.39 is 0 Å². The lowest BCUT2D eigenvalue weighted by molar-refractivity contribution is 0.00578. The van der Waals surface area contributed by atoms with Crippen LogP contribution in [0.2, 0.25) is 0 Å². The van der Waals surface area contributed by atoms with Crippen LogP contribution in [0.25, 0.3) is 33.4 Å². The Morgan fingerprint density at radius 2 is 0.897 bits per heavy atom. The zero-order valence-corrected chi connectivity index (χ0v) is 24.4. The molecular formula is C36H37BO2. The lowest BCUT2D eigenvalue weighted by Crippen LogP contribution is -2.41. The molecule has 0 amide bonds. The van der Waals surface area contributed by atoms with Gasteiger partial charge in [-0.15, -0.1) is 0 Å². The molecule has 39 heavy (non-hydrogen) atoms. The summed E-state index contributed by atoms with van der Waals surface area (Å²) in [6.07, 6.45) is 0. The van der Waals surface area contributed by atoms with Gasteiger partial charge in [0.1, 0.15) is 0 Å². The largest absolute Gasteiger partial charge is 0.494 e. The van der Waals surface area contributed by atoms with Gasteiger partial charge in [-0.25, -0.2) is 0 Å². The van der Waals surface area contributed by atoms with Crippen molar-refractivity contribution in [2.75, 3.05) is 0 Å². The van der Waals surface area contributed by atoms with E-state index in [4.69, 9.17) is 9.31 Å². The molecule has 2 nitrogen and oxygen atoms in total. The van der Waals surface area contributed by atoms with E-state index in [-0.39, 0.29) is 29.2 Å². The highest BCUT2D eigenvalue weighted by molar-refractivity contribution is 6.62. The van der Waals surface area contributed by atoms with Crippen LogP contribution in [0.4, 0.5) is 0 Å². The Morgan fingerprint density at radius 1 is 0.462 bits per heavy atom. The van der Waals surface area contributed by atoms with Crippen LogP contribution in [-0.2, 0) is 20.1 Å². The normalized spacial score (nSPS) is 20.4. The lowest BCUT2D eigenvalue weighted by atomic mass is 9.76. The highest BCUT2D eigenvalue weighted by Crippen LogP contribution is 2.52. The van der Waals surface area contributed by atoms with Crippen LogP contribution >= 0.6 is 0 Å². The van der Waals surface area contributed by atoms with Crippen molar-refractivity contribution in [1.82, 2.24) is 0 Å². The average molecular weight is 513 g/mol. The highest BCUT2D eigenvalue weighted by Gasteiger charge is 2.52. The van der Waals surface area contributed by atoms with E-state index in [1.807, 2.05) is 0 Å². The minimum Gasteiger partial charge on any atom is -0.399 e. The predicted molar refractivity (Wildman–Crippen MR) is 163 cm³/mol. The van der Waals surface area contributed by atoms with E-state index in [1.54, 1.807) is 0 Å². The van der Waals surface area contributed by atoms with Crippen molar-refractivity contribution in [3.05, 3.63) is 101 Å². The number of benzene rings is 4. The second-order valence-electron chi connectivity index (χ2n) is 13.7. The second-order valence-corrected chi connectivity index (χ2v) is 13.7. The molecule has 0 saturated carbocycles. The summed E-state index contributed by atoms with van der Waals surface area (Å²) in [5.74, 6) is 0. The molecule has 1 aliphatic heterocycles. The van der Waals surface area contributed by atoms with Gasteiger partial charge in [0.15, 0.2) is 0 Å². The fraction of sp³-hybridized carbons (Fsp3) is 0.333. The minimum atomic E-state index is -0.365. The van der Waals surface area contributed by atoms with Gasteiger partial charge < -0.3 is 9.31 Å². The highest BCUT2D eigenvalue weighted by atomic mass is 16.7. The van der Waals surface area contributed by atoms with Crippen LogP contribution < -0.4 is 5.46 Å². The van der Waals surface area contributed by atoms with Gasteiger partial charge in [-0.3, -0.25) is 0 Å². The van der Waals surface area contributed by atoms with Crippen molar-refractivity contribution in [3.63, 3.8) is 0 Å². The first-order valence-electron chi connectivity index (χ1n) is 14.2. The van der Waals surface area contributed by atoms with Gasteiger partial charge in [0.05, 0.1) is 11.2 Å². The van der Waals surface area contributed by atoms with Gasteiger partial charge in [-0.05, 0) is 101 Å². The smallest absolute Gasteiger partial charge is 0.399 e. The molecule has 3 heteroatoms. The van der Waals surface area contributed by atoms with E-state index in [0.717, 1.165) is 5.46 Å². The topological polar surface area (TPSA) is 18.5 Å². The molecule has 0 aromatic heterocycles. The molecule has 3 aliphatic rings. The second kappa shape index (κ2) is 7.74. The quantitative estimate of drug-likeness (QED) is 0.252. The molecule has 1 fully saturated rings. The number of hydrogen-bond acceptors (Lipinski definition) is 2. The Labute approximate surface area is 233 Å². The molecule has 0 spiro atoms. The molecule has 4 aromatic rings. The third kappa shape index (κ3) is 3.36. The van der Waals surface area contributed by atoms with Gasteiger partial charge in [-0.2, -0.15) is 0 Å². The van der Waals surface area contributed by atoms with E-state index in [0.29, 0.717) is 0 Å². The Bertz CT molecular complexity index is 1660. The predicted octanol–water partition coefficient (Wildman–Crippen LogP) is 8.27. The Hall–Kier alpha value is -3.14. The van der Waals surface area contributed by atoms with Crippen LogP contribution in [0.3, 0.4) is 0 Å². The summed E-state index contributed by atoms with van der Waals surface area (Å²) >= 11 is 0. The maximum absolute atomic E-state index is 6.41. The van der Waals surface area contributed by atoms with Gasteiger partial charge in [-0.1, -0.05) is 94.4 Å². The first-order chi connectivity index (χ1) is 18.3. The van der Waals surface area contributed by atoms with Crippen LogP contribution in [0.5, 0.6) is 0 Å². The number of rotatable bonds is 2. The van der Waals surface area contributed by atoms with Crippen molar-refractivity contribution >= 4 is 12.6 Å². The summed E-state index contributed by atoms with van der Waals surface area (Å²) in [6, 6.07) is 29.7. The zero-order chi connectivity index (χ0) is 27.5. The van der Waals surface area contributed by atoms with Crippen LogP contribution in [-0.4, -0.2) is 18.3 Å². The first kappa shape index (κ1) is 24.9. The Kier molecular flexibility index (Phi) is 4.94. The standard InChI is InChI=1S/C36H37BO2/c1-33(2)29-12-10-9-11-25(29)26-19-22(13-16-30(26)33)23-14-17-31-27(20-23)28-21-24(15-18-32(28)34(31,3)4)37-38-35(5,6)36(7,8)39-37/h9-21H,1-8H3. The molecule has 196 valence electrons. The summed E-state index contributed by atoms with van der Waals surface area (Å²) < 4.78 is 12.8. The first-order valence-corrected chi connectivity index (χ1v) is 14.2. The summed E-state index contributed by atoms with van der Waals surface area (Å²) in [5.41, 5.74) is 13.7. The van der Waals surface area contributed by atoms with E-state index >= 15 is 0 Å². The molecule has 0 unspecified atom stereocenters. The summed E-state index contributed by atoms with van der Waals surface area (Å²) in [7, 11) is -0.365. The summed E-state index contributed by atoms with van der Waals surface area (Å²) in [4.78, 5) is 0. The van der Waals surface area contributed by atoms with Crippen molar-refractivity contribution in [3.8, 4) is 33.4 Å². The molecule has 4 aromatic carbocycles. The molecule has 0 N–H and O–H groups in total. The molecule has 7 rings (SSSR count). The van der Waals surface area contributed by atoms with Crippen molar-refractivity contribution in [2.45, 2.75) is 77.4 Å². The Balaban J connectivity index is 1.33. The minimum absolute atomic E-state index is 0.0231. The maximum Gasteiger partial charge on any atom is 0.494 e. The van der Waals surface area contributed by atoms with Crippen molar-refractivity contribution in [1.29, 1.82) is 0 Å². The molecule has 1 saturated heterocycles. The van der Waals surface area contributed by atoms with Crippen LogP contribution in [0, 0.1) is 0 Å². The van der Waals surface area contributed by atoms with E-state index in [1.165, 1.54) is 55.6 Å². The van der Waals surface area contributed by atoms with E-state index in [2.05, 4.69) is 134 Å². The summed E-state index contributed by atoms with van der Waals surface area (Å²) in [5, 5.41) is 0. The number of hydrogen-bond donors (Lipinski definition) is 0. The number of fused-ring (bicyclic) bond motifs is 6. The van der Waals surface area contributed by atoms with Crippen molar-refractivity contribution in [2.24, 2.45) is 0 Å². The van der Waals surface area contributed by atoms with Crippen LogP contribution in [0.1, 0.15) is 77.6 Å².